The first-order valence-electron chi connectivity index (χ1n) is 4.98. The maximum Gasteiger partial charge on any atom is 0.255 e. The van der Waals surface area contributed by atoms with E-state index in [1.807, 2.05) is 6.07 Å². The van der Waals surface area contributed by atoms with Gasteiger partial charge in [-0.1, -0.05) is 34.1 Å². The Morgan fingerprint density at radius 1 is 1.12 bits per heavy atom. The fraction of sp³-hybridized carbons (Fsp3) is 0. The molecule has 0 aromatic heterocycles. The van der Waals surface area contributed by atoms with Crippen molar-refractivity contribution in [1.82, 2.24) is 0 Å². The summed E-state index contributed by atoms with van der Waals surface area (Å²) in [5, 5.41) is 2.52. The molecule has 0 heterocycles. The number of benzene rings is 2. The second kappa shape index (κ2) is 5.10. The Hall–Kier alpha value is -1.68. The Bertz CT molecular complexity index is 542. The quantitative estimate of drug-likeness (QED) is 0.895. The summed E-state index contributed by atoms with van der Waals surface area (Å²) in [5.41, 5.74) is 0.664. The average Bonchev–Trinajstić information content (AvgIpc) is 2.34. The van der Waals surface area contributed by atoms with Crippen molar-refractivity contribution in [2.45, 2.75) is 0 Å². The molecule has 0 bridgehead atoms. The predicted molar refractivity (Wildman–Crippen MR) is 68.5 cm³/mol. The lowest BCUT2D eigenvalue weighted by Gasteiger charge is -2.06. The zero-order valence-corrected chi connectivity index (χ0v) is 10.4. The van der Waals surface area contributed by atoms with Crippen LogP contribution < -0.4 is 5.32 Å². The lowest BCUT2D eigenvalue weighted by molar-refractivity contribution is 0.102. The molecular formula is C13H9BrFNO. The number of carbonyl (C=O) groups excluding carboxylic acids is 1. The van der Waals surface area contributed by atoms with Gasteiger partial charge in [-0.25, -0.2) is 4.39 Å². The van der Waals surface area contributed by atoms with Gasteiger partial charge in [0.1, 0.15) is 5.82 Å². The van der Waals surface area contributed by atoms with Crippen LogP contribution in [0.4, 0.5) is 10.1 Å². The number of hydrogen-bond acceptors (Lipinski definition) is 1. The predicted octanol–water partition coefficient (Wildman–Crippen LogP) is 3.84. The van der Waals surface area contributed by atoms with Gasteiger partial charge in [-0.15, -0.1) is 0 Å². The largest absolute Gasteiger partial charge is 0.319 e. The molecule has 1 N–H and O–H groups in total. The molecule has 2 aromatic rings. The van der Waals surface area contributed by atoms with E-state index in [1.165, 1.54) is 12.1 Å². The number of halogens is 2. The van der Waals surface area contributed by atoms with Crippen LogP contribution in [-0.2, 0) is 0 Å². The molecule has 0 spiro atoms. The molecule has 0 unspecified atom stereocenters. The smallest absolute Gasteiger partial charge is 0.255 e. The lowest BCUT2D eigenvalue weighted by Crippen LogP contribution is -2.12. The first-order valence-corrected chi connectivity index (χ1v) is 5.77. The van der Waals surface area contributed by atoms with Gasteiger partial charge in [0.15, 0.2) is 0 Å². The van der Waals surface area contributed by atoms with E-state index >= 15 is 0 Å². The molecule has 0 saturated carbocycles. The normalized spacial score (nSPS) is 10.0. The third-order valence-electron chi connectivity index (χ3n) is 2.22. The molecule has 2 rings (SSSR count). The molecule has 2 nitrogen and oxygen atoms in total. The van der Waals surface area contributed by atoms with Crippen LogP contribution in [0.15, 0.2) is 53.0 Å². The first kappa shape index (κ1) is 11.8. The Labute approximate surface area is 107 Å². The summed E-state index contributed by atoms with van der Waals surface area (Å²) >= 11 is 3.15. The molecule has 86 valence electrons. The fourth-order valence-electron chi connectivity index (χ4n) is 1.37. The van der Waals surface area contributed by atoms with E-state index in [2.05, 4.69) is 21.2 Å². The zero-order chi connectivity index (χ0) is 12.3. The van der Waals surface area contributed by atoms with E-state index in [4.69, 9.17) is 0 Å². The number of hydrogen-bond donors (Lipinski definition) is 1. The minimum absolute atomic E-state index is 0.169. The molecule has 0 saturated heterocycles. The van der Waals surface area contributed by atoms with Crippen molar-refractivity contribution in [2.24, 2.45) is 0 Å². The molecule has 17 heavy (non-hydrogen) atoms. The number of anilines is 1. The molecule has 0 atom stereocenters. The van der Waals surface area contributed by atoms with Crippen molar-refractivity contribution >= 4 is 27.5 Å². The summed E-state index contributed by atoms with van der Waals surface area (Å²) in [4.78, 5) is 11.8. The van der Waals surface area contributed by atoms with Gasteiger partial charge in [-0.05, 0) is 30.3 Å². The minimum Gasteiger partial charge on any atom is -0.319 e. The van der Waals surface area contributed by atoms with E-state index in [-0.39, 0.29) is 11.6 Å². The van der Waals surface area contributed by atoms with Gasteiger partial charge in [0.05, 0.1) is 5.69 Å². The van der Waals surface area contributed by atoms with E-state index in [0.717, 1.165) is 0 Å². The third kappa shape index (κ3) is 2.91. The standard InChI is InChI=1S/C13H9BrFNO/c14-10-6-7-12(11(15)8-10)16-13(17)9-4-2-1-3-5-9/h1-8H,(H,16,17). The fourth-order valence-corrected chi connectivity index (χ4v) is 1.71. The van der Waals surface area contributed by atoms with Crippen LogP contribution >= 0.6 is 15.9 Å². The Kier molecular flexibility index (Phi) is 3.54. The summed E-state index contributed by atoms with van der Waals surface area (Å²) < 4.78 is 14.1. The van der Waals surface area contributed by atoms with Crippen molar-refractivity contribution < 1.29 is 9.18 Å². The molecule has 0 aliphatic carbocycles. The maximum atomic E-state index is 13.5. The highest BCUT2D eigenvalue weighted by atomic mass is 79.9. The summed E-state index contributed by atoms with van der Waals surface area (Å²) in [7, 11) is 0. The first-order chi connectivity index (χ1) is 8.16. The lowest BCUT2D eigenvalue weighted by atomic mass is 10.2. The van der Waals surface area contributed by atoms with Gasteiger partial charge in [-0.2, -0.15) is 0 Å². The van der Waals surface area contributed by atoms with Crippen molar-refractivity contribution in [3.05, 3.63) is 64.4 Å². The summed E-state index contributed by atoms with van der Waals surface area (Å²) in [6, 6.07) is 13.2. The number of carbonyl (C=O) groups is 1. The summed E-state index contributed by atoms with van der Waals surface area (Å²) in [5.74, 6) is -0.796. The number of rotatable bonds is 2. The van der Waals surface area contributed by atoms with Crippen LogP contribution in [0.1, 0.15) is 10.4 Å². The van der Waals surface area contributed by atoms with Crippen molar-refractivity contribution in [3.63, 3.8) is 0 Å². The van der Waals surface area contributed by atoms with Crippen molar-refractivity contribution in [2.75, 3.05) is 5.32 Å². The SMILES string of the molecule is O=C(Nc1ccc(Br)cc1F)c1ccccc1. The Balaban J connectivity index is 2.19. The van der Waals surface area contributed by atoms with Gasteiger partial charge in [0, 0.05) is 10.0 Å². The Morgan fingerprint density at radius 3 is 2.47 bits per heavy atom. The van der Waals surface area contributed by atoms with Gasteiger partial charge in [-0.3, -0.25) is 4.79 Å². The second-order valence-corrected chi connectivity index (χ2v) is 4.36. The molecule has 2 aromatic carbocycles. The van der Waals surface area contributed by atoms with E-state index < -0.39 is 5.82 Å². The minimum atomic E-state index is -0.469. The number of nitrogens with one attached hydrogen (secondary N) is 1. The molecule has 0 radical (unpaired) electrons. The highest BCUT2D eigenvalue weighted by Crippen LogP contribution is 2.19. The van der Waals surface area contributed by atoms with Crippen LogP contribution in [0, 0.1) is 5.82 Å². The van der Waals surface area contributed by atoms with Gasteiger partial charge in [0.2, 0.25) is 0 Å². The summed E-state index contributed by atoms with van der Waals surface area (Å²) in [6.45, 7) is 0. The molecule has 0 aliphatic rings. The summed E-state index contributed by atoms with van der Waals surface area (Å²) in [6.07, 6.45) is 0. The van der Waals surface area contributed by atoms with E-state index in [0.29, 0.717) is 10.0 Å². The van der Waals surface area contributed by atoms with Crippen molar-refractivity contribution in [1.29, 1.82) is 0 Å². The Morgan fingerprint density at radius 2 is 1.82 bits per heavy atom. The van der Waals surface area contributed by atoms with Crippen LogP contribution in [0.5, 0.6) is 0 Å². The van der Waals surface area contributed by atoms with Crippen LogP contribution in [0.2, 0.25) is 0 Å². The maximum absolute atomic E-state index is 13.5. The number of amides is 1. The van der Waals surface area contributed by atoms with Crippen LogP contribution in [-0.4, -0.2) is 5.91 Å². The molecule has 1 amide bonds. The average molecular weight is 294 g/mol. The van der Waals surface area contributed by atoms with Gasteiger partial charge >= 0.3 is 0 Å². The van der Waals surface area contributed by atoms with Gasteiger partial charge < -0.3 is 5.32 Å². The van der Waals surface area contributed by atoms with E-state index in [9.17, 15) is 9.18 Å². The van der Waals surface area contributed by atoms with E-state index in [1.54, 1.807) is 30.3 Å². The highest BCUT2D eigenvalue weighted by Gasteiger charge is 2.08. The molecule has 0 aliphatic heterocycles. The molecule has 0 fully saturated rings. The monoisotopic (exact) mass is 293 g/mol. The van der Waals surface area contributed by atoms with Crippen LogP contribution in [0.3, 0.4) is 0 Å². The van der Waals surface area contributed by atoms with Crippen LogP contribution in [0.25, 0.3) is 0 Å². The molecule has 4 heteroatoms. The highest BCUT2D eigenvalue weighted by molar-refractivity contribution is 9.10. The zero-order valence-electron chi connectivity index (χ0n) is 8.78. The van der Waals surface area contributed by atoms with Gasteiger partial charge in [0.25, 0.3) is 5.91 Å². The van der Waals surface area contributed by atoms with Crippen molar-refractivity contribution in [3.8, 4) is 0 Å². The topological polar surface area (TPSA) is 29.1 Å². The third-order valence-corrected chi connectivity index (χ3v) is 2.71. The molecular weight excluding hydrogens is 285 g/mol. The second-order valence-electron chi connectivity index (χ2n) is 3.44.